The average molecular weight is 227 g/mol. The van der Waals surface area contributed by atoms with Crippen LogP contribution in [0.25, 0.3) is 0 Å². The van der Waals surface area contributed by atoms with Crippen LogP contribution in [-0.4, -0.2) is 39.0 Å². The van der Waals surface area contributed by atoms with Crippen LogP contribution in [0.2, 0.25) is 0 Å². The van der Waals surface area contributed by atoms with Gasteiger partial charge in [0.1, 0.15) is 0 Å². The molecule has 0 aromatic heterocycles. The third kappa shape index (κ3) is 3.19. The lowest BCUT2D eigenvalue weighted by Gasteiger charge is -2.26. The van der Waals surface area contributed by atoms with E-state index in [-0.39, 0.29) is 0 Å². The topological polar surface area (TPSA) is 30.5 Å². The molecular weight excluding hydrogens is 202 g/mol. The first kappa shape index (κ1) is 12.3. The summed E-state index contributed by atoms with van der Waals surface area (Å²) in [5.74, 6) is 0.798. The summed E-state index contributed by atoms with van der Waals surface area (Å²) in [5.41, 5.74) is 0. The summed E-state index contributed by atoms with van der Waals surface area (Å²) in [6.45, 7) is 0.964. The maximum absolute atomic E-state index is 5.67. The second-order valence-corrected chi connectivity index (χ2v) is 5.15. The number of likely N-dealkylation sites (N-methyl/N-ethyl adjacent to an activating group) is 1. The largest absolute Gasteiger partial charge is 0.380 e. The Hall–Kier alpha value is -0.120. The molecule has 2 fully saturated rings. The Morgan fingerprint density at radius 2 is 2.19 bits per heavy atom. The van der Waals surface area contributed by atoms with Crippen LogP contribution >= 0.6 is 0 Å². The quantitative estimate of drug-likeness (QED) is 0.721. The number of methoxy groups -OCH3 is 1. The monoisotopic (exact) mass is 227 g/mol. The molecule has 2 rings (SSSR count). The van der Waals surface area contributed by atoms with Crippen LogP contribution in [0.5, 0.6) is 0 Å². The summed E-state index contributed by atoms with van der Waals surface area (Å²) >= 11 is 0. The molecule has 3 atom stereocenters. The van der Waals surface area contributed by atoms with E-state index >= 15 is 0 Å². The summed E-state index contributed by atoms with van der Waals surface area (Å²) in [6.07, 6.45) is 8.45. The lowest BCUT2D eigenvalue weighted by molar-refractivity contribution is 0.0410. The molecule has 1 saturated heterocycles. The third-order valence-corrected chi connectivity index (χ3v) is 3.95. The van der Waals surface area contributed by atoms with Gasteiger partial charge >= 0.3 is 0 Å². The van der Waals surface area contributed by atoms with Gasteiger partial charge in [-0.15, -0.1) is 0 Å². The third-order valence-electron chi connectivity index (χ3n) is 3.95. The molecule has 3 unspecified atom stereocenters. The van der Waals surface area contributed by atoms with Crippen LogP contribution < -0.4 is 5.32 Å². The molecule has 3 nitrogen and oxygen atoms in total. The van der Waals surface area contributed by atoms with Crippen LogP contribution in [0.15, 0.2) is 0 Å². The molecule has 3 heteroatoms. The first-order chi connectivity index (χ1) is 7.85. The van der Waals surface area contributed by atoms with Crippen LogP contribution in [-0.2, 0) is 9.47 Å². The average Bonchev–Trinajstić information content (AvgIpc) is 3.00. The first-order valence-electron chi connectivity index (χ1n) is 6.66. The van der Waals surface area contributed by atoms with Crippen molar-refractivity contribution in [2.75, 3.05) is 20.8 Å². The molecule has 1 saturated carbocycles. The van der Waals surface area contributed by atoms with E-state index in [1.807, 2.05) is 7.11 Å². The van der Waals surface area contributed by atoms with E-state index in [2.05, 4.69) is 12.4 Å². The van der Waals surface area contributed by atoms with Crippen molar-refractivity contribution in [3.05, 3.63) is 0 Å². The zero-order valence-electron chi connectivity index (χ0n) is 10.6. The summed E-state index contributed by atoms with van der Waals surface area (Å²) in [7, 11) is 3.90. The molecule has 94 valence electrons. The van der Waals surface area contributed by atoms with E-state index < -0.39 is 0 Å². The fraction of sp³-hybridized carbons (Fsp3) is 1.00. The van der Waals surface area contributed by atoms with E-state index in [1.165, 1.54) is 38.5 Å². The molecule has 0 bridgehead atoms. The van der Waals surface area contributed by atoms with Gasteiger partial charge in [-0.05, 0) is 51.5 Å². The van der Waals surface area contributed by atoms with Crippen LogP contribution in [0.1, 0.15) is 38.5 Å². The summed E-state index contributed by atoms with van der Waals surface area (Å²) in [5, 5.41) is 3.42. The van der Waals surface area contributed by atoms with Gasteiger partial charge in [0.25, 0.3) is 0 Å². The van der Waals surface area contributed by atoms with Crippen molar-refractivity contribution in [2.45, 2.75) is 56.8 Å². The van der Waals surface area contributed by atoms with Crippen molar-refractivity contribution in [3.8, 4) is 0 Å². The highest BCUT2D eigenvalue weighted by atomic mass is 16.5. The van der Waals surface area contributed by atoms with Gasteiger partial charge in [0.15, 0.2) is 0 Å². The van der Waals surface area contributed by atoms with E-state index in [0.717, 1.165) is 12.5 Å². The minimum Gasteiger partial charge on any atom is -0.380 e. The highest BCUT2D eigenvalue weighted by Crippen LogP contribution is 2.36. The molecule has 2 aliphatic rings. The molecule has 16 heavy (non-hydrogen) atoms. The second kappa shape index (κ2) is 5.99. The minimum absolute atomic E-state index is 0.409. The van der Waals surface area contributed by atoms with Gasteiger partial charge in [0.2, 0.25) is 0 Å². The first-order valence-corrected chi connectivity index (χ1v) is 6.66. The lowest BCUT2D eigenvalue weighted by atomic mass is 9.99. The van der Waals surface area contributed by atoms with Crippen molar-refractivity contribution < 1.29 is 9.47 Å². The predicted molar refractivity (Wildman–Crippen MR) is 64.6 cm³/mol. The van der Waals surface area contributed by atoms with Crippen molar-refractivity contribution in [2.24, 2.45) is 5.92 Å². The van der Waals surface area contributed by atoms with Crippen LogP contribution in [0.4, 0.5) is 0 Å². The second-order valence-electron chi connectivity index (χ2n) is 5.15. The van der Waals surface area contributed by atoms with E-state index in [4.69, 9.17) is 9.47 Å². The maximum atomic E-state index is 5.67. The number of hydrogen-bond donors (Lipinski definition) is 1. The summed E-state index contributed by atoms with van der Waals surface area (Å²) < 4.78 is 11.3. The van der Waals surface area contributed by atoms with E-state index in [0.29, 0.717) is 18.2 Å². The van der Waals surface area contributed by atoms with Gasteiger partial charge < -0.3 is 14.8 Å². The molecule has 1 heterocycles. The Bertz CT molecular complexity index is 200. The molecule has 0 aromatic rings. The zero-order chi connectivity index (χ0) is 11.4. The number of hydrogen-bond acceptors (Lipinski definition) is 3. The highest BCUT2D eigenvalue weighted by molar-refractivity contribution is 4.90. The van der Waals surface area contributed by atoms with E-state index in [9.17, 15) is 0 Å². The van der Waals surface area contributed by atoms with Gasteiger partial charge in [-0.1, -0.05) is 0 Å². The smallest absolute Gasteiger partial charge is 0.0752 e. The van der Waals surface area contributed by atoms with Gasteiger partial charge in [0.05, 0.1) is 12.2 Å². The number of rotatable bonds is 7. The maximum Gasteiger partial charge on any atom is 0.0752 e. The number of ether oxygens (including phenoxy) is 2. The summed E-state index contributed by atoms with van der Waals surface area (Å²) in [4.78, 5) is 0. The molecule has 0 spiro atoms. The van der Waals surface area contributed by atoms with Crippen molar-refractivity contribution in [3.63, 3.8) is 0 Å². The van der Waals surface area contributed by atoms with Gasteiger partial charge in [0, 0.05) is 19.8 Å². The lowest BCUT2D eigenvalue weighted by Crippen LogP contribution is -2.40. The van der Waals surface area contributed by atoms with Gasteiger partial charge in [-0.2, -0.15) is 0 Å². The molecule has 0 aromatic carbocycles. The van der Waals surface area contributed by atoms with Gasteiger partial charge in [-0.25, -0.2) is 0 Å². The van der Waals surface area contributed by atoms with Crippen LogP contribution in [0, 0.1) is 5.92 Å². The van der Waals surface area contributed by atoms with Crippen LogP contribution in [0.3, 0.4) is 0 Å². The zero-order valence-corrected chi connectivity index (χ0v) is 10.6. The Morgan fingerprint density at radius 3 is 2.69 bits per heavy atom. The Morgan fingerprint density at radius 1 is 1.38 bits per heavy atom. The van der Waals surface area contributed by atoms with Gasteiger partial charge in [-0.3, -0.25) is 0 Å². The Labute approximate surface area is 98.9 Å². The fourth-order valence-electron chi connectivity index (χ4n) is 2.82. The minimum atomic E-state index is 0.409. The molecule has 1 N–H and O–H groups in total. The number of nitrogens with one attached hydrogen (secondary N) is 1. The molecule has 1 aliphatic heterocycles. The molecule has 1 aliphatic carbocycles. The molecular formula is C13H25NO2. The fourth-order valence-corrected chi connectivity index (χ4v) is 2.82. The highest BCUT2D eigenvalue weighted by Gasteiger charge is 2.36. The van der Waals surface area contributed by atoms with Crippen molar-refractivity contribution >= 4 is 0 Å². The standard InChI is InChI=1S/C13H25NO2/c1-14-12(13(15-2)10-5-6-10)8-7-11-4-3-9-16-11/h10-14H,3-9H2,1-2H3. The van der Waals surface area contributed by atoms with Crippen molar-refractivity contribution in [1.29, 1.82) is 0 Å². The Balaban J connectivity index is 1.74. The molecule has 0 radical (unpaired) electrons. The normalized spacial score (nSPS) is 29.2. The van der Waals surface area contributed by atoms with E-state index in [1.54, 1.807) is 0 Å². The van der Waals surface area contributed by atoms with Crippen molar-refractivity contribution in [1.82, 2.24) is 5.32 Å². The molecule has 0 amide bonds. The predicted octanol–water partition coefficient (Wildman–Crippen LogP) is 1.96. The Kier molecular flexibility index (Phi) is 4.62. The summed E-state index contributed by atoms with van der Waals surface area (Å²) in [6, 6.07) is 0.502. The SMILES string of the molecule is CNC(CCC1CCCO1)C(OC)C1CC1.